The number of benzene rings is 1. The van der Waals surface area contributed by atoms with Crippen molar-refractivity contribution in [2.45, 2.75) is 0 Å². The molecule has 0 saturated heterocycles. The summed E-state index contributed by atoms with van der Waals surface area (Å²) in [4.78, 5) is 20.6. The summed E-state index contributed by atoms with van der Waals surface area (Å²) in [6, 6.07) is 9.52. The van der Waals surface area contributed by atoms with Gasteiger partial charge < -0.3 is 14.1 Å². The minimum absolute atomic E-state index is 0.111. The lowest BCUT2D eigenvalue weighted by atomic mass is 10.3. The number of rotatable bonds is 3. The van der Waals surface area contributed by atoms with Gasteiger partial charge >= 0.3 is 0 Å². The number of hydrogen-bond acceptors (Lipinski definition) is 4. The fraction of sp³-hybridized carbons (Fsp3) is 0. The highest BCUT2D eigenvalue weighted by Crippen LogP contribution is 2.19. The van der Waals surface area contributed by atoms with E-state index in [9.17, 15) is 9.18 Å². The Morgan fingerprint density at radius 2 is 2.04 bits per heavy atom. The Balaban J connectivity index is 1.65. The van der Waals surface area contributed by atoms with Crippen LogP contribution < -0.4 is 5.32 Å². The van der Waals surface area contributed by atoms with E-state index in [0.717, 1.165) is 5.56 Å². The highest BCUT2D eigenvalue weighted by atomic mass is 19.1. The van der Waals surface area contributed by atoms with Crippen LogP contribution in [-0.2, 0) is 0 Å². The molecule has 0 unspecified atom stereocenters. The summed E-state index contributed by atoms with van der Waals surface area (Å²) in [6.07, 6.45) is 6.37. The molecule has 1 amide bonds. The van der Waals surface area contributed by atoms with Crippen LogP contribution in [0.15, 0.2) is 65.7 Å². The van der Waals surface area contributed by atoms with Gasteiger partial charge in [-0.3, -0.25) is 4.79 Å². The van der Waals surface area contributed by atoms with E-state index < -0.39 is 11.7 Å². The summed E-state index contributed by atoms with van der Waals surface area (Å²) >= 11 is 0. The molecule has 118 valence electrons. The highest BCUT2D eigenvalue weighted by Gasteiger charge is 2.13. The van der Waals surface area contributed by atoms with Crippen LogP contribution in [-0.4, -0.2) is 20.3 Å². The quantitative estimate of drug-likeness (QED) is 0.627. The van der Waals surface area contributed by atoms with Gasteiger partial charge in [-0.25, -0.2) is 14.4 Å². The predicted molar refractivity (Wildman–Crippen MR) is 85.0 cm³/mol. The van der Waals surface area contributed by atoms with E-state index in [1.807, 2.05) is 0 Å². The second kappa shape index (κ2) is 5.62. The molecular weight excluding hydrogens is 311 g/mol. The Kier molecular flexibility index (Phi) is 3.31. The molecule has 0 atom stereocenters. The maximum absolute atomic E-state index is 13.6. The number of hydrogen-bond donors (Lipinski definition) is 1. The Morgan fingerprint density at radius 1 is 1.17 bits per heavy atom. The van der Waals surface area contributed by atoms with Crippen LogP contribution >= 0.6 is 0 Å². The van der Waals surface area contributed by atoms with Gasteiger partial charge in [-0.05, 0) is 24.3 Å². The molecular formula is C17H11FN4O2. The monoisotopic (exact) mass is 322 g/mol. The van der Waals surface area contributed by atoms with Crippen molar-refractivity contribution in [1.29, 1.82) is 0 Å². The molecule has 7 heteroatoms. The molecule has 0 saturated carbocycles. The van der Waals surface area contributed by atoms with Gasteiger partial charge in [0.15, 0.2) is 0 Å². The summed E-state index contributed by atoms with van der Waals surface area (Å²) in [6.45, 7) is 0. The van der Waals surface area contributed by atoms with Crippen molar-refractivity contribution in [3.8, 4) is 11.5 Å². The SMILES string of the molecule is O=C(Nc1ccccc1F)c1cn2cc(-c3ncco3)ccc2n1. The van der Waals surface area contributed by atoms with Crippen LogP contribution in [0.3, 0.4) is 0 Å². The molecule has 4 aromatic rings. The predicted octanol–water partition coefficient (Wildman–Crippen LogP) is 3.38. The van der Waals surface area contributed by atoms with Gasteiger partial charge in [0, 0.05) is 12.4 Å². The van der Waals surface area contributed by atoms with Gasteiger partial charge in [0.05, 0.1) is 17.4 Å². The Morgan fingerprint density at radius 3 is 2.83 bits per heavy atom. The zero-order valence-electron chi connectivity index (χ0n) is 12.3. The van der Waals surface area contributed by atoms with Crippen LogP contribution in [0.1, 0.15) is 10.5 Å². The van der Waals surface area contributed by atoms with E-state index in [-0.39, 0.29) is 11.4 Å². The first-order chi connectivity index (χ1) is 11.7. The van der Waals surface area contributed by atoms with Crippen LogP contribution in [0.5, 0.6) is 0 Å². The van der Waals surface area contributed by atoms with Crippen molar-refractivity contribution < 1.29 is 13.6 Å². The van der Waals surface area contributed by atoms with Crippen LogP contribution in [0, 0.1) is 5.82 Å². The molecule has 0 aliphatic carbocycles. The summed E-state index contributed by atoms with van der Waals surface area (Å²) in [7, 11) is 0. The van der Waals surface area contributed by atoms with Crippen LogP contribution in [0.4, 0.5) is 10.1 Å². The van der Waals surface area contributed by atoms with E-state index in [4.69, 9.17) is 4.42 Å². The number of carbonyl (C=O) groups is 1. The van der Waals surface area contributed by atoms with Crippen molar-refractivity contribution >= 4 is 17.2 Å². The lowest BCUT2D eigenvalue weighted by Crippen LogP contribution is -2.13. The number of halogens is 1. The third kappa shape index (κ3) is 2.52. The van der Waals surface area contributed by atoms with Crippen molar-refractivity contribution in [3.63, 3.8) is 0 Å². The van der Waals surface area contributed by atoms with Crippen molar-refractivity contribution in [2.75, 3.05) is 5.32 Å². The molecule has 6 nitrogen and oxygen atoms in total. The highest BCUT2D eigenvalue weighted by molar-refractivity contribution is 6.03. The third-order valence-corrected chi connectivity index (χ3v) is 3.49. The first-order valence-corrected chi connectivity index (χ1v) is 7.15. The van der Waals surface area contributed by atoms with E-state index in [0.29, 0.717) is 11.5 Å². The van der Waals surface area contributed by atoms with Crippen LogP contribution in [0.2, 0.25) is 0 Å². The Hall–Kier alpha value is -3.48. The molecule has 0 fully saturated rings. The number of para-hydroxylation sites is 1. The standard InChI is InChI=1S/C17H11FN4O2/c18-12-3-1-2-4-13(12)21-16(23)14-10-22-9-11(5-6-15(22)20-14)17-19-7-8-24-17/h1-10H,(H,21,23). The number of oxazole rings is 1. The first kappa shape index (κ1) is 14.1. The molecule has 3 aromatic heterocycles. The van der Waals surface area contributed by atoms with Gasteiger partial charge in [0.2, 0.25) is 5.89 Å². The number of nitrogens with one attached hydrogen (secondary N) is 1. The summed E-state index contributed by atoms with van der Waals surface area (Å²) in [5.74, 6) is -0.509. The average Bonchev–Trinajstić information content (AvgIpc) is 3.25. The summed E-state index contributed by atoms with van der Waals surface area (Å²) < 4.78 is 20.6. The molecule has 4 rings (SSSR count). The van der Waals surface area contributed by atoms with Crippen molar-refractivity contribution in [1.82, 2.24) is 14.4 Å². The minimum Gasteiger partial charge on any atom is -0.444 e. The molecule has 24 heavy (non-hydrogen) atoms. The lowest BCUT2D eigenvalue weighted by Gasteiger charge is -2.03. The number of amides is 1. The largest absolute Gasteiger partial charge is 0.444 e. The third-order valence-electron chi connectivity index (χ3n) is 3.49. The van der Waals surface area contributed by atoms with Gasteiger partial charge in [0.1, 0.15) is 23.4 Å². The number of aromatic nitrogens is 3. The summed E-state index contributed by atoms with van der Waals surface area (Å²) in [5.41, 5.74) is 1.64. The fourth-order valence-electron chi connectivity index (χ4n) is 2.34. The number of nitrogens with zero attached hydrogens (tertiary/aromatic N) is 3. The molecule has 0 aliphatic rings. The number of pyridine rings is 1. The number of carbonyl (C=O) groups excluding carboxylic acids is 1. The van der Waals surface area contributed by atoms with Gasteiger partial charge in [0.25, 0.3) is 5.91 Å². The zero-order valence-corrected chi connectivity index (χ0v) is 12.3. The lowest BCUT2D eigenvalue weighted by molar-refractivity contribution is 0.102. The normalized spacial score (nSPS) is 10.9. The Labute approximate surface area is 135 Å². The smallest absolute Gasteiger partial charge is 0.275 e. The van der Waals surface area contributed by atoms with Gasteiger partial charge in [-0.2, -0.15) is 0 Å². The second-order valence-electron chi connectivity index (χ2n) is 5.08. The molecule has 0 radical (unpaired) electrons. The molecule has 0 aliphatic heterocycles. The van der Waals surface area contributed by atoms with Gasteiger partial charge in [-0.15, -0.1) is 0 Å². The maximum Gasteiger partial charge on any atom is 0.275 e. The van der Waals surface area contributed by atoms with E-state index >= 15 is 0 Å². The van der Waals surface area contributed by atoms with Crippen molar-refractivity contribution in [2.24, 2.45) is 0 Å². The topological polar surface area (TPSA) is 72.4 Å². The van der Waals surface area contributed by atoms with Gasteiger partial charge in [-0.1, -0.05) is 12.1 Å². The van der Waals surface area contributed by atoms with Crippen molar-refractivity contribution in [3.05, 3.63) is 72.8 Å². The first-order valence-electron chi connectivity index (χ1n) is 7.15. The minimum atomic E-state index is -0.499. The fourth-order valence-corrected chi connectivity index (χ4v) is 2.34. The number of anilines is 1. The number of fused-ring (bicyclic) bond motifs is 1. The molecule has 1 aromatic carbocycles. The Bertz CT molecular complexity index is 1020. The molecule has 3 heterocycles. The maximum atomic E-state index is 13.6. The molecule has 1 N–H and O–H groups in total. The number of imidazole rings is 1. The van der Waals surface area contributed by atoms with E-state index in [1.54, 1.807) is 47.3 Å². The molecule has 0 spiro atoms. The zero-order chi connectivity index (χ0) is 16.5. The summed E-state index contributed by atoms with van der Waals surface area (Å²) in [5, 5.41) is 2.51. The second-order valence-corrected chi connectivity index (χ2v) is 5.08. The molecule has 0 bridgehead atoms. The average molecular weight is 322 g/mol. The van der Waals surface area contributed by atoms with E-state index in [1.165, 1.54) is 18.4 Å². The van der Waals surface area contributed by atoms with E-state index in [2.05, 4.69) is 15.3 Å². The van der Waals surface area contributed by atoms with Crippen LogP contribution in [0.25, 0.3) is 17.1 Å².